The SMILES string of the molecule is CCOc1ccc(C2NNC(C)C2CO)cc1. The van der Waals surface area contributed by atoms with E-state index in [2.05, 4.69) is 17.8 Å². The van der Waals surface area contributed by atoms with Crippen LogP contribution in [0.4, 0.5) is 0 Å². The van der Waals surface area contributed by atoms with Crippen molar-refractivity contribution in [3.05, 3.63) is 29.8 Å². The van der Waals surface area contributed by atoms with Crippen LogP contribution in [0.1, 0.15) is 25.5 Å². The summed E-state index contributed by atoms with van der Waals surface area (Å²) in [6, 6.07) is 8.47. The predicted molar refractivity (Wildman–Crippen MR) is 66.7 cm³/mol. The molecule has 1 aromatic rings. The highest BCUT2D eigenvalue weighted by Crippen LogP contribution is 2.29. The van der Waals surface area contributed by atoms with Crippen LogP contribution >= 0.6 is 0 Å². The number of aliphatic hydroxyl groups is 1. The minimum atomic E-state index is 0.158. The van der Waals surface area contributed by atoms with Crippen molar-refractivity contribution in [3.8, 4) is 5.75 Å². The Morgan fingerprint density at radius 3 is 2.53 bits per heavy atom. The molecule has 0 aromatic heterocycles. The first-order chi connectivity index (χ1) is 8.26. The van der Waals surface area contributed by atoms with Gasteiger partial charge in [-0.15, -0.1) is 0 Å². The molecule has 0 spiro atoms. The highest BCUT2D eigenvalue weighted by molar-refractivity contribution is 5.30. The maximum atomic E-state index is 9.40. The lowest BCUT2D eigenvalue weighted by Gasteiger charge is -2.19. The van der Waals surface area contributed by atoms with Crippen molar-refractivity contribution in [2.75, 3.05) is 13.2 Å². The lowest BCUT2D eigenvalue weighted by atomic mass is 9.91. The number of nitrogens with one attached hydrogen (secondary N) is 2. The number of benzene rings is 1. The average Bonchev–Trinajstić information content (AvgIpc) is 2.72. The van der Waals surface area contributed by atoms with Gasteiger partial charge < -0.3 is 9.84 Å². The van der Waals surface area contributed by atoms with E-state index in [1.807, 2.05) is 31.2 Å². The second kappa shape index (κ2) is 5.49. The van der Waals surface area contributed by atoms with Crippen molar-refractivity contribution in [2.45, 2.75) is 25.9 Å². The molecular formula is C13H20N2O2. The van der Waals surface area contributed by atoms with Gasteiger partial charge in [-0.3, -0.25) is 5.43 Å². The van der Waals surface area contributed by atoms with Crippen molar-refractivity contribution >= 4 is 0 Å². The van der Waals surface area contributed by atoms with Gasteiger partial charge in [0.2, 0.25) is 0 Å². The zero-order valence-corrected chi connectivity index (χ0v) is 10.3. The monoisotopic (exact) mass is 236 g/mol. The zero-order valence-electron chi connectivity index (χ0n) is 10.3. The maximum Gasteiger partial charge on any atom is 0.119 e. The Bertz CT molecular complexity index is 353. The molecule has 17 heavy (non-hydrogen) atoms. The second-order valence-corrected chi connectivity index (χ2v) is 4.40. The summed E-state index contributed by atoms with van der Waals surface area (Å²) in [6.07, 6.45) is 0. The molecular weight excluding hydrogens is 216 g/mol. The van der Waals surface area contributed by atoms with Gasteiger partial charge in [-0.1, -0.05) is 12.1 Å². The smallest absolute Gasteiger partial charge is 0.119 e. The third kappa shape index (κ3) is 2.60. The highest BCUT2D eigenvalue weighted by Gasteiger charge is 2.33. The molecule has 1 aliphatic heterocycles. The van der Waals surface area contributed by atoms with E-state index in [-0.39, 0.29) is 24.6 Å². The third-order valence-corrected chi connectivity index (χ3v) is 3.30. The minimum Gasteiger partial charge on any atom is -0.494 e. The van der Waals surface area contributed by atoms with Crippen molar-refractivity contribution in [1.29, 1.82) is 0 Å². The van der Waals surface area contributed by atoms with Crippen LogP contribution in [0.2, 0.25) is 0 Å². The van der Waals surface area contributed by atoms with Crippen LogP contribution in [-0.2, 0) is 0 Å². The molecule has 1 aliphatic rings. The number of hydrogen-bond donors (Lipinski definition) is 3. The Morgan fingerprint density at radius 1 is 1.24 bits per heavy atom. The molecule has 1 fully saturated rings. The van der Waals surface area contributed by atoms with Crippen LogP contribution < -0.4 is 15.6 Å². The van der Waals surface area contributed by atoms with E-state index in [1.165, 1.54) is 5.56 Å². The molecule has 0 radical (unpaired) electrons. The van der Waals surface area contributed by atoms with E-state index in [4.69, 9.17) is 4.74 Å². The largest absolute Gasteiger partial charge is 0.494 e. The highest BCUT2D eigenvalue weighted by atomic mass is 16.5. The normalized spacial score (nSPS) is 28.3. The predicted octanol–water partition coefficient (Wildman–Crippen LogP) is 1.23. The van der Waals surface area contributed by atoms with Crippen LogP contribution in [0.3, 0.4) is 0 Å². The van der Waals surface area contributed by atoms with Crippen LogP contribution in [-0.4, -0.2) is 24.4 Å². The van der Waals surface area contributed by atoms with Gasteiger partial charge in [0.05, 0.1) is 12.6 Å². The fraction of sp³-hybridized carbons (Fsp3) is 0.538. The van der Waals surface area contributed by atoms with Crippen molar-refractivity contribution < 1.29 is 9.84 Å². The summed E-state index contributed by atoms with van der Waals surface area (Å²) in [5.74, 6) is 1.09. The summed E-state index contributed by atoms with van der Waals surface area (Å²) in [5, 5.41) is 9.40. The van der Waals surface area contributed by atoms with Gasteiger partial charge in [-0.2, -0.15) is 0 Å². The molecule has 1 heterocycles. The Morgan fingerprint density at radius 2 is 1.94 bits per heavy atom. The molecule has 0 bridgehead atoms. The average molecular weight is 236 g/mol. The van der Waals surface area contributed by atoms with Crippen LogP contribution in [0.25, 0.3) is 0 Å². The van der Waals surface area contributed by atoms with Crippen LogP contribution in [0.15, 0.2) is 24.3 Å². The lowest BCUT2D eigenvalue weighted by molar-refractivity contribution is 0.204. The van der Waals surface area contributed by atoms with Crippen molar-refractivity contribution in [3.63, 3.8) is 0 Å². The third-order valence-electron chi connectivity index (χ3n) is 3.30. The summed E-state index contributed by atoms with van der Waals surface area (Å²) >= 11 is 0. The zero-order chi connectivity index (χ0) is 12.3. The summed E-state index contributed by atoms with van der Waals surface area (Å²) in [5.41, 5.74) is 7.56. The Hall–Kier alpha value is -1.10. The molecule has 3 atom stereocenters. The standard InChI is InChI=1S/C13H20N2O2/c1-3-17-11-6-4-10(5-7-11)13-12(8-16)9(2)14-15-13/h4-7,9,12-16H,3,8H2,1-2H3. The minimum absolute atomic E-state index is 0.158. The van der Waals surface area contributed by atoms with E-state index in [0.717, 1.165) is 5.75 Å². The molecule has 1 aromatic carbocycles. The number of hydrogen-bond acceptors (Lipinski definition) is 4. The number of rotatable bonds is 4. The molecule has 3 N–H and O–H groups in total. The lowest BCUT2D eigenvalue weighted by Crippen LogP contribution is -2.29. The van der Waals surface area contributed by atoms with Gasteiger partial charge >= 0.3 is 0 Å². The van der Waals surface area contributed by atoms with Gasteiger partial charge in [-0.05, 0) is 31.5 Å². The van der Waals surface area contributed by atoms with Crippen molar-refractivity contribution in [2.24, 2.45) is 5.92 Å². The number of aliphatic hydroxyl groups excluding tert-OH is 1. The molecule has 1 saturated heterocycles. The first kappa shape index (κ1) is 12.4. The molecule has 94 valence electrons. The fourth-order valence-electron chi connectivity index (χ4n) is 2.26. The summed E-state index contributed by atoms with van der Waals surface area (Å²) < 4.78 is 5.41. The van der Waals surface area contributed by atoms with E-state index in [0.29, 0.717) is 6.61 Å². The van der Waals surface area contributed by atoms with Gasteiger partial charge in [-0.25, -0.2) is 5.43 Å². The van der Waals surface area contributed by atoms with E-state index < -0.39 is 0 Å². The summed E-state index contributed by atoms with van der Waals surface area (Å²) in [4.78, 5) is 0. The summed E-state index contributed by atoms with van der Waals surface area (Å²) in [6.45, 7) is 4.90. The number of ether oxygens (including phenoxy) is 1. The Kier molecular flexibility index (Phi) is 3.99. The topological polar surface area (TPSA) is 53.5 Å². The summed E-state index contributed by atoms with van der Waals surface area (Å²) in [7, 11) is 0. The maximum absolute atomic E-state index is 9.40. The molecule has 4 nitrogen and oxygen atoms in total. The molecule has 0 saturated carbocycles. The quantitative estimate of drug-likeness (QED) is 0.736. The molecule has 0 aliphatic carbocycles. The Labute approximate surface area is 102 Å². The molecule has 2 rings (SSSR count). The van der Waals surface area contributed by atoms with Crippen LogP contribution in [0.5, 0.6) is 5.75 Å². The molecule has 4 heteroatoms. The molecule has 0 amide bonds. The first-order valence-electron chi connectivity index (χ1n) is 6.11. The van der Waals surface area contributed by atoms with Crippen LogP contribution in [0, 0.1) is 5.92 Å². The van der Waals surface area contributed by atoms with E-state index >= 15 is 0 Å². The van der Waals surface area contributed by atoms with Gasteiger partial charge in [0.1, 0.15) is 5.75 Å². The number of hydrazine groups is 1. The van der Waals surface area contributed by atoms with Gasteiger partial charge in [0.25, 0.3) is 0 Å². The van der Waals surface area contributed by atoms with Gasteiger partial charge in [0.15, 0.2) is 0 Å². The Balaban J connectivity index is 2.11. The molecule has 3 unspecified atom stereocenters. The van der Waals surface area contributed by atoms with E-state index in [1.54, 1.807) is 0 Å². The van der Waals surface area contributed by atoms with E-state index in [9.17, 15) is 5.11 Å². The second-order valence-electron chi connectivity index (χ2n) is 4.40. The fourth-order valence-corrected chi connectivity index (χ4v) is 2.26. The first-order valence-corrected chi connectivity index (χ1v) is 6.11. The van der Waals surface area contributed by atoms with Gasteiger partial charge in [0, 0.05) is 18.6 Å². The van der Waals surface area contributed by atoms with Crippen molar-refractivity contribution in [1.82, 2.24) is 10.9 Å².